The summed E-state index contributed by atoms with van der Waals surface area (Å²) in [4.78, 5) is 10.8. The Kier molecular flexibility index (Phi) is 4.55. The van der Waals surface area contributed by atoms with Gasteiger partial charge in [0.15, 0.2) is 0 Å². The SMILES string of the molecule is O=C(O)CCc1ccccc1SC(F)F. The van der Waals surface area contributed by atoms with Crippen LogP contribution in [0.3, 0.4) is 0 Å². The van der Waals surface area contributed by atoms with Gasteiger partial charge in [0, 0.05) is 11.3 Å². The summed E-state index contributed by atoms with van der Waals surface area (Å²) in [5.74, 6) is -3.40. The highest BCUT2D eigenvalue weighted by molar-refractivity contribution is 7.99. The third-order valence-corrected chi connectivity index (χ3v) is 2.63. The quantitative estimate of drug-likeness (QED) is 0.793. The number of carbonyl (C=O) groups is 1. The smallest absolute Gasteiger partial charge is 0.303 e. The van der Waals surface area contributed by atoms with Crippen LogP contribution in [0.15, 0.2) is 29.2 Å². The maximum Gasteiger partial charge on any atom is 0.303 e. The van der Waals surface area contributed by atoms with Crippen molar-refractivity contribution < 1.29 is 18.7 Å². The van der Waals surface area contributed by atoms with Crippen molar-refractivity contribution in [1.82, 2.24) is 0 Å². The molecule has 0 unspecified atom stereocenters. The highest BCUT2D eigenvalue weighted by Gasteiger charge is 2.10. The first-order valence-corrected chi connectivity index (χ1v) is 5.22. The lowest BCUT2D eigenvalue weighted by molar-refractivity contribution is -0.136. The number of hydrogen-bond donors (Lipinski definition) is 1. The monoisotopic (exact) mass is 232 g/mol. The third kappa shape index (κ3) is 4.29. The first-order chi connectivity index (χ1) is 7.09. The average Bonchev–Trinajstić information content (AvgIpc) is 2.15. The maximum atomic E-state index is 12.1. The topological polar surface area (TPSA) is 37.3 Å². The molecule has 0 saturated heterocycles. The molecule has 0 aliphatic heterocycles. The Morgan fingerprint density at radius 1 is 1.40 bits per heavy atom. The van der Waals surface area contributed by atoms with E-state index in [1.165, 1.54) is 0 Å². The van der Waals surface area contributed by atoms with Crippen LogP contribution >= 0.6 is 11.8 Å². The number of benzene rings is 1. The lowest BCUT2D eigenvalue weighted by Crippen LogP contribution is -1.99. The summed E-state index contributed by atoms with van der Waals surface area (Å²) < 4.78 is 24.3. The maximum absolute atomic E-state index is 12.1. The van der Waals surface area contributed by atoms with Gasteiger partial charge in [0.2, 0.25) is 0 Å². The number of aliphatic carboxylic acids is 1. The van der Waals surface area contributed by atoms with Crippen LogP contribution in [0.4, 0.5) is 8.78 Å². The van der Waals surface area contributed by atoms with E-state index in [1.807, 2.05) is 0 Å². The predicted octanol–water partition coefficient (Wildman–Crippen LogP) is 3.02. The molecule has 1 aromatic rings. The number of halogens is 2. The molecule has 0 aliphatic carbocycles. The van der Waals surface area contributed by atoms with Gasteiger partial charge in [0.25, 0.3) is 5.76 Å². The lowest BCUT2D eigenvalue weighted by atomic mass is 10.1. The van der Waals surface area contributed by atoms with E-state index in [4.69, 9.17) is 5.11 Å². The molecule has 15 heavy (non-hydrogen) atoms. The minimum absolute atomic E-state index is 0.0409. The minimum atomic E-state index is -2.48. The Bertz CT molecular complexity index is 342. The molecule has 0 aromatic heterocycles. The third-order valence-electron chi connectivity index (χ3n) is 1.80. The molecule has 1 N–H and O–H groups in total. The minimum Gasteiger partial charge on any atom is -0.481 e. The molecule has 0 aliphatic rings. The largest absolute Gasteiger partial charge is 0.481 e. The van der Waals surface area contributed by atoms with E-state index in [1.54, 1.807) is 24.3 Å². The number of thioether (sulfide) groups is 1. The highest BCUT2D eigenvalue weighted by atomic mass is 32.2. The Labute approximate surface area is 90.3 Å². The van der Waals surface area contributed by atoms with Crippen molar-refractivity contribution in [2.45, 2.75) is 23.5 Å². The van der Waals surface area contributed by atoms with E-state index in [0.29, 0.717) is 22.2 Å². The second-order valence-corrected chi connectivity index (χ2v) is 3.91. The molecule has 0 bridgehead atoms. The molecule has 5 heteroatoms. The van der Waals surface area contributed by atoms with Gasteiger partial charge in [-0.15, -0.1) is 0 Å². The van der Waals surface area contributed by atoms with E-state index < -0.39 is 11.7 Å². The van der Waals surface area contributed by atoms with Crippen molar-refractivity contribution in [2.75, 3.05) is 0 Å². The van der Waals surface area contributed by atoms with Crippen LogP contribution in [0.5, 0.6) is 0 Å². The van der Waals surface area contributed by atoms with Crippen LogP contribution in [0.1, 0.15) is 12.0 Å². The van der Waals surface area contributed by atoms with Gasteiger partial charge in [0.1, 0.15) is 0 Å². The van der Waals surface area contributed by atoms with E-state index in [9.17, 15) is 13.6 Å². The number of carboxylic acids is 1. The van der Waals surface area contributed by atoms with Crippen molar-refractivity contribution in [3.63, 3.8) is 0 Å². The predicted molar refractivity (Wildman–Crippen MR) is 54.3 cm³/mol. The molecule has 0 saturated carbocycles. The van der Waals surface area contributed by atoms with Crippen LogP contribution in [-0.4, -0.2) is 16.8 Å². The van der Waals surface area contributed by atoms with Crippen molar-refractivity contribution in [2.24, 2.45) is 0 Å². The van der Waals surface area contributed by atoms with Gasteiger partial charge >= 0.3 is 5.97 Å². The fraction of sp³-hybridized carbons (Fsp3) is 0.300. The normalized spacial score (nSPS) is 10.6. The van der Waals surface area contributed by atoms with Gasteiger partial charge in [-0.25, -0.2) is 0 Å². The van der Waals surface area contributed by atoms with Gasteiger partial charge < -0.3 is 5.11 Å². The standard InChI is InChI=1S/C10H10F2O2S/c11-10(12)15-8-4-2-1-3-7(8)5-6-9(13)14/h1-4,10H,5-6H2,(H,13,14). The molecule has 0 atom stereocenters. The van der Waals surface area contributed by atoms with Crippen molar-refractivity contribution in [3.05, 3.63) is 29.8 Å². The fourth-order valence-corrected chi connectivity index (χ4v) is 1.83. The Morgan fingerprint density at radius 2 is 2.07 bits per heavy atom. The van der Waals surface area contributed by atoms with Gasteiger partial charge in [-0.1, -0.05) is 30.0 Å². The Morgan fingerprint density at radius 3 is 2.67 bits per heavy atom. The van der Waals surface area contributed by atoms with Crippen LogP contribution in [0.25, 0.3) is 0 Å². The zero-order valence-electron chi connectivity index (χ0n) is 7.82. The van der Waals surface area contributed by atoms with Gasteiger partial charge in [-0.05, 0) is 18.1 Å². The molecular weight excluding hydrogens is 222 g/mol. The summed E-state index contributed by atoms with van der Waals surface area (Å²) in [5.41, 5.74) is 0.658. The molecule has 82 valence electrons. The van der Waals surface area contributed by atoms with E-state index in [2.05, 4.69) is 0 Å². The molecule has 1 rings (SSSR count). The number of alkyl halides is 2. The second-order valence-electron chi connectivity index (χ2n) is 2.88. The van der Waals surface area contributed by atoms with E-state index in [-0.39, 0.29) is 12.8 Å². The molecule has 2 nitrogen and oxygen atoms in total. The van der Waals surface area contributed by atoms with Gasteiger partial charge in [0.05, 0.1) is 0 Å². The number of rotatable bonds is 5. The Balaban J connectivity index is 2.72. The molecule has 0 amide bonds. The van der Waals surface area contributed by atoms with Crippen LogP contribution in [0.2, 0.25) is 0 Å². The first kappa shape index (κ1) is 12.0. The van der Waals surface area contributed by atoms with Crippen LogP contribution < -0.4 is 0 Å². The number of carboxylic acid groups (broad SMARTS) is 1. The summed E-state index contributed by atoms with van der Waals surface area (Å²) in [6, 6.07) is 6.63. The average molecular weight is 232 g/mol. The van der Waals surface area contributed by atoms with E-state index >= 15 is 0 Å². The molecule has 0 radical (unpaired) electrons. The van der Waals surface area contributed by atoms with Gasteiger partial charge in [-0.3, -0.25) is 4.79 Å². The number of aryl methyl sites for hydroxylation is 1. The van der Waals surface area contributed by atoms with Crippen molar-refractivity contribution in [3.8, 4) is 0 Å². The molecule has 1 aromatic carbocycles. The fourth-order valence-electron chi connectivity index (χ4n) is 1.16. The summed E-state index contributed by atoms with van der Waals surface area (Å²) >= 11 is 0.450. The first-order valence-electron chi connectivity index (χ1n) is 4.34. The molecule has 0 fully saturated rings. The molecule has 0 heterocycles. The highest BCUT2D eigenvalue weighted by Crippen LogP contribution is 2.28. The zero-order chi connectivity index (χ0) is 11.3. The van der Waals surface area contributed by atoms with Crippen LogP contribution in [0, 0.1) is 0 Å². The second kappa shape index (κ2) is 5.70. The summed E-state index contributed by atoms with van der Waals surface area (Å²) in [6.45, 7) is 0. The molecule has 0 spiro atoms. The number of hydrogen-bond acceptors (Lipinski definition) is 2. The lowest BCUT2D eigenvalue weighted by Gasteiger charge is -2.06. The summed E-state index contributed by atoms with van der Waals surface area (Å²) in [7, 11) is 0. The zero-order valence-corrected chi connectivity index (χ0v) is 8.64. The summed E-state index contributed by atoms with van der Waals surface area (Å²) in [5, 5.41) is 8.49. The van der Waals surface area contributed by atoms with Crippen molar-refractivity contribution >= 4 is 17.7 Å². The van der Waals surface area contributed by atoms with Crippen LogP contribution in [-0.2, 0) is 11.2 Å². The summed E-state index contributed by atoms with van der Waals surface area (Å²) in [6.07, 6.45) is 0.242. The molecular formula is C10H10F2O2S. The van der Waals surface area contributed by atoms with Gasteiger partial charge in [-0.2, -0.15) is 8.78 Å². The Hall–Kier alpha value is -1.10. The van der Waals surface area contributed by atoms with Crippen molar-refractivity contribution in [1.29, 1.82) is 0 Å². The van der Waals surface area contributed by atoms with E-state index in [0.717, 1.165) is 0 Å².